The van der Waals surface area contributed by atoms with Gasteiger partial charge in [-0.15, -0.1) is 0 Å². The van der Waals surface area contributed by atoms with Crippen molar-refractivity contribution in [2.24, 2.45) is 5.14 Å². The van der Waals surface area contributed by atoms with Gasteiger partial charge in [0.25, 0.3) is 0 Å². The minimum absolute atomic E-state index is 0.0446. The highest BCUT2D eigenvalue weighted by molar-refractivity contribution is 7.89. The molecule has 1 atom stereocenters. The molecule has 1 unspecified atom stereocenters. The molecule has 1 fully saturated rings. The summed E-state index contributed by atoms with van der Waals surface area (Å²) in [5.41, 5.74) is 2.02. The Kier molecular flexibility index (Phi) is 6.89. The van der Waals surface area contributed by atoms with Crippen molar-refractivity contribution in [3.05, 3.63) is 65.7 Å². The molecule has 1 aliphatic rings. The lowest BCUT2D eigenvalue weighted by molar-refractivity contribution is 0.138. The summed E-state index contributed by atoms with van der Waals surface area (Å²) in [7, 11) is -3.77. The maximum absolute atomic E-state index is 12.6. The summed E-state index contributed by atoms with van der Waals surface area (Å²) in [6, 6.07) is 16.3. The van der Waals surface area contributed by atoms with E-state index in [0.29, 0.717) is 18.7 Å². The first kappa shape index (κ1) is 21.3. The predicted octanol–water partition coefficient (Wildman–Crippen LogP) is 1.96. The van der Waals surface area contributed by atoms with Crippen LogP contribution in [0.5, 0.6) is 0 Å². The van der Waals surface area contributed by atoms with Gasteiger partial charge >= 0.3 is 6.03 Å². The monoisotopic (exact) mass is 416 g/mol. The summed E-state index contributed by atoms with van der Waals surface area (Å²) in [6.45, 7) is 5.84. The predicted molar refractivity (Wildman–Crippen MR) is 113 cm³/mol. The van der Waals surface area contributed by atoms with E-state index < -0.39 is 10.0 Å². The number of carbonyl (C=O) groups excluding carboxylic acids is 1. The van der Waals surface area contributed by atoms with Crippen LogP contribution in [0.15, 0.2) is 59.5 Å². The van der Waals surface area contributed by atoms with Crippen molar-refractivity contribution in [2.75, 3.05) is 32.7 Å². The summed E-state index contributed by atoms with van der Waals surface area (Å²) in [5, 5.41) is 8.14. The number of primary sulfonamides is 1. The molecule has 0 bridgehead atoms. The third-order valence-electron chi connectivity index (χ3n) is 5.25. The maximum Gasteiger partial charge on any atom is 0.317 e. The largest absolute Gasteiger partial charge is 0.331 e. The first-order valence-electron chi connectivity index (χ1n) is 9.77. The molecule has 0 radical (unpaired) electrons. The molecule has 1 aliphatic heterocycles. The number of hydrogen-bond acceptors (Lipinski definition) is 4. The van der Waals surface area contributed by atoms with E-state index in [-0.39, 0.29) is 17.0 Å². The Bertz CT molecular complexity index is 926. The summed E-state index contributed by atoms with van der Waals surface area (Å²) < 4.78 is 23.1. The molecule has 7 nitrogen and oxygen atoms in total. The van der Waals surface area contributed by atoms with Gasteiger partial charge in [-0.3, -0.25) is 4.90 Å². The number of nitrogens with one attached hydrogen (secondary N) is 1. The van der Waals surface area contributed by atoms with E-state index >= 15 is 0 Å². The second kappa shape index (κ2) is 9.39. The topological polar surface area (TPSA) is 95.7 Å². The first-order valence-corrected chi connectivity index (χ1v) is 11.3. The van der Waals surface area contributed by atoms with Crippen molar-refractivity contribution in [1.82, 2.24) is 15.1 Å². The number of hydrogen-bond donors (Lipinski definition) is 2. The highest BCUT2D eigenvalue weighted by Gasteiger charge is 2.22. The molecule has 0 aliphatic carbocycles. The van der Waals surface area contributed by atoms with E-state index in [1.54, 1.807) is 17.0 Å². The third kappa shape index (κ3) is 6.03. The van der Waals surface area contributed by atoms with Gasteiger partial charge in [0.05, 0.1) is 10.9 Å². The van der Waals surface area contributed by atoms with Gasteiger partial charge in [0.1, 0.15) is 0 Å². The van der Waals surface area contributed by atoms with Crippen molar-refractivity contribution in [3.8, 4) is 0 Å². The molecule has 156 valence electrons. The van der Waals surface area contributed by atoms with E-state index in [9.17, 15) is 13.2 Å². The fraction of sp³-hybridized carbons (Fsp3) is 0.381. The molecule has 2 aromatic carbocycles. The Morgan fingerprint density at radius 3 is 2.41 bits per heavy atom. The molecule has 2 aromatic rings. The number of amides is 2. The smallest absolute Gasteiger partial charge is 0.317 e. The van der Waals surface area contributed by atoms with Crippen molar-refractivity contribution < 1.29 is 13.2 Å². The number of carbonyl (C=O) groups is 1. The zero-order valence-corrected chi connectivity index (χ0v) is 17.4. The number of nitrogens with two attached hydrogens (primary N) is 1. The van der Waals surface area contributed by atoms with E-state index in [2.05, 4.69) is 34.5 Å². The zero-order chi connectivity index (χ0) is 20.9. The second-order valence-corrected chi connectivity index (χ2v) is 8.91. The van der Waals surface area contributed by atoms with Gasteiger partial charge in [-0.2, -0.15) is 0 Å². The minimum Gasteiger partial charge on any atom is -0.331 e. The van der Waals surface area contributed by atoms with Gasteiger partial charge in [-0.25, -0.2) is 18.4 Å². The fourth-order valence-corrected chi connectivity index (χ4v) is 4.00. The van der Waals surface area contributed by atoms with Crippen LogP contribution in [0.3, 0.4) is 0 Å². The van der Waals surface area contributed by atoms with Crippen molar-refractivity contribution >= 4 is 16.1 Å². The van der Waals surface area contributed by atoms with Crippen LogP contribution in [0, 0.1) is 0 Å². The van der Waals surface area contributed by atoms with Gasteiger partial charge in [0.15, 0.2) is 0 Å². The number of urea groups is 1. The molecule has 1 heterocycles. The van der Waals surface area contributed by atoms with Crippen LogP contribution in [-0.2, 0) is 16.4 Å². The van der Waals surface area contributed by atoms with E-state index in [0.717, 1.165) is 26.1 Å². The van der Waals surface area contributed by atoms with Crippen LogP contribution in [0.2, 0.25) is 0 Å². The SMILES string of the molecule is CC(NC(=O)N1CCN(CCc2ccccc2)CC1)c1cccc(S(N)(=O)=O)c1. The second-order valence-electron chi connectivity index (χ2n) is 7.35. The number of benzene rings is 2. The number of piperazine rings is 1. The fourth-order valence-electron chi connectivity index (χ4n) is 3.43. The average Bonchev–Trinajstić information content (AvgIpc) is 2.73. The molecule has 0 spiro atoms. The molecule has 0 saturated carbocycles. The summed E-state index contributed by atoms with van der Waals surface area (Å²) in [6.07, 6.45) is 1.00. The summed E-state index contributed by atoms with van der Waals surface area (Å²) in [4.78, 5) is 16.8. The van der Waals surface area contributed by atoms with Crippen LogP contribution in [0.1, 0.15) is 24.1 Å². The maximum atomic E-state index is 12.6. The van der Waals surface area contributed by atoms with Crippen molar-refractivity contribution in [3.63, 3.8) is 0 Å². The average molecular weight is 417 g/mol. The summed E-state index contributed by atoms with van der Waals surface area (Å²) in [5.74, 6) is 0. The van der Waals surface area contributed by atoms with E-state index in [4.69, 9.17) is 5.14 Å². The van der Waals surface area contributed by atoms with Crippen molar-refractivity contribution in [1.29, 1.82) is 0 Å². The molecular formula is C21H28N4O3S. The number of rotatable bonds is 6. The van der Waals surface area contributed by atoms with E-state index in [1.165, 1.54) is 17.7 Å². The summed E-state index contributed by atoms with van der Waals surface area (Å²) >= 11 is 0. The lowest BCUT2D eigenvalue weighted by Crippen LogP contribution is -2.52. The van der Waals surface area contributed by atoms with Gasteiger partial charge in [0, 0.05) is 32.7 Å². The van der Waals surface area contributed by atoms with Crippen LogP contribution >= 0.6 is 0 Å². The van der Waals surface area contributed by atoms with E-state index in [1.807, 2.05) is 13.0 Å². The molecular weight excluding hydrogens is 388 g/mol. The highest BCUT2D eigenvalue weighted by atomic mass is 32.2. The number of sulfonamides is 1. The van der Waals surface area contributed by atoms with Crippen molar-refractivity contribution in [2.45, 2.75) is 24.3 Å². The van der Waals surface area contributed by atoms with Gasteiger partial charge in [0.2, 0.25) is 10.0 Å². The molecule has 3 rings (SSSR count). The van der Waals surface area contributed by atoms with Gasteiger partial charge in [-0.05, 0) is 36.6 Å². The third-order valence-corrected chi connectivity index (χ3v) is 6.16. The molecule has 29 heavy (non-hydrogen) atoms. The van der Waals surface area contributed by atoms with Gasteiger partial charge in [-0.1, -0.05) is 42.5 Å². The molecule has 1 saturated heterocycles. The van der Waals surface area contributed by atoms with Gasteiger partial charge < -0.3 is 10.2 Å². The quantitative estimate of drug-likeness (QED) is 0.753. The normalized spacial score (nSPS) is 16.4. The molecule has 3 N–H and O–H groups in total. The Balaban J connectivity index is 1.48. The Morgan fingerprint density at radius 2 is 1.76 bits per heavy atom. The van der Waals surface area contributed by atoms with Crippen LogP contribution in [0.4, 0.5) is 4.79 Å². The standard InChI is InChI=1S/C21H28N4O3S/c1-17(19-8-5-9-20(16-19)29(22,27)28)23-21(26)25-14-12-24(13-15-25)11-10-18-6-3-2-4-7-18/h2-9,16-17H,10-15H2,1H3,(H,23,26)(H2,22,27,28). The van der Waals surface area contributed by atoms with Crippen LogP contribution in [0.25, 0.3) is 0 Å². The molecule has 2 amide bonds. The Morgan fingerprint density at radius 1 is 1.07 bits per heavy atom. The molecule has 0 aromatic heterocycles. The lowest BCUT2D eigenvalue weighted by atomic mass is 10.1. The van der Waals surface area contributed by atoms with Crippen LogP contribution in [-0.4, -0.2) is 57.0 Å². The zero-order valence-electron chi connectivity index (χ0n) is 16.6. The molecule has 8 heteroatoms. The van der Waals surface area contributed by atoms with Crippen LogP contribution < -0.4 is 10.5 Å². The first-order chi connectivity index (χ1) is 13.8. The number of nitrogens with zero attached hydrogens (tertiary/aromatic N) is 2. The highest BCUT2D eigenvalue weighted by Crippen LogP contribution is 2.17. The Hall–Kier alpha value is -2.42. The minimum atomic E-state index is -3.77. The lowest BCUT2D eigenvalue weighted by Gasteiger charge is -2.35. The Labute approximate surface area is 172 Å².